The van der Waals surface area contributed by atoms with E-state index in [1.165, 1.54) is 0 Å². The Balaban J connectivity index is 1.57. The third-order valence-electron chi connectivity index (χ3n) is 3.49. The Hall–Kier alpha value is -3.05. The lowest BCUT2D eigenvalue weighted by Gasteiger charge is -2.08. The van der Waals surface area contributed by atoms with Crippen molar-refractivity contribution in [2.75, 3.05) is 5.32 Å². The number of anilines is 1. The standard InChI is InChI=1S/C19H18N4O/c24-19(16-7-10-20-11-8-16)23-17-6-3-4-15(12-17)13-21-14-18-5-1-2-9-22-18/h1-12,21H,13-14H2,(H,23,24). The van der Waals surface area contributed by atoms with E-state index in [2.05, 4.69) is 20.6 Å². The van der Waals surface area contributed by atoms with Gasteiger partial charge in [-0.05, 0) is 42.0 Å². The fraction of sp³-hybridized carbons (Fsp3) is 0.105. The number of nitrogens with one attached hydrogen (secondary N) is 2. The number of aromatic nitrogens is 2. The number of hydrogen-bond acceptors (Lipinski definition) is 4. The second-order valence-corrected chi connectivity index (χ2v) is 5.32. The van der Waals surface area contributed by atoms with Gasteiger partial charge in [0.05, 0.1) is 5.69 Å². The van der Waals surface area contributed by atoms with Crippen LogP contribution in [0.1, 0.15) is 21.6 Å². The molecule has 5 heteroatoms. The van der Waals surface area contributed by atoms with Gasteiger partial charge in [-0.15, -0.1) is 0 Å². The van der Waals surface area contributed by atoms with Crippen molar-refractivity contribution < 1.29 is 4.79 Å². The smallest absolute Gasteiger partial charge is 0.255 e. The van der Waals surface area contributed by atoms with Gasteiger partial charge in [0.25, 0.3) is 5.91 Å². The summed E-state index contributed by atoms with van der Waals surface area (Å²) in [6.45, 7) is 1.41. The quantitative estimate of drug-likeness (QED) is 0.733. The first-order valence-electron chi connectivity index (χ1n) is 7.72. The van der Waals surface area contributed by atoms with Gasteiger partial charge >= 0.3 is 0 Å². The normalized spacial score (nSPS) is 10.3. The van der Waals surface area contributed by atoms with Crippen molar-refractivity contribution in [2.45, 2.75) is 13.1 Å². The highest BCUT2D eigenvalue weighted by molar-refractivity contribution is 6.04. The zero-order valence-corrected chi connectivity index (χ0v) is 13.1. The third kappa shape index (κ3) is 4.47. The van der Waals surface area contributed by atoms with Gasteiger partial charge in [-0.3, -0.25) is 14.8 Å². The van der Waals surface area contributed by atoms with Crippen LogP contribution in [0.2, 0.25) is 0 Å². The van der Waals surface area contributed by atoms with Gasteiger partial charge in [0.15, 0.2) is 0 Å². The van der Waals surface area contributed by atoms with E-state index in [0.717, 1.165) is 16.9 Å². The molecule has 3 aromatic rings. The summed E-state index contributed by atoms with van der Waals surface area (Å²) in [7, 11) is 0. The summed E-state index contributed by atoms with van der Waals surface area (Å²) >= 11 is 0. The summed E-state index contributed by atoms with van der Waals surface area (Å²) < 4.78 is 0. The molecule has 0 saturated carbocycles. The van der Waals surface area contributed by atoms with Gasteiger partial charge in [0.1, 0.15) is 0 Å². The van der Waals surface area contributed by atoms with Crippen LogP contribution < -0.4 is 10.6 Å². The Labute approximate surface area is 140 Å². The van der Waals surface area contributed by atoms with Crippen molar-refractivity contribution in [1.82, 2.24) is 15.3 Å². The van der Waals surface area contributed by atoms with Crippen LogP contribution in [0.25, 0.3) is 0 Å². The van der Waals surface area contributed by atoms with E-state index in [-0.39, 0.29) is 5.91 Å². The van der Waals surface area contributed by atoms with Crippen molar-refractivity contribution in [2.24, 2.45) is 0 Å². The van der Waals surface area contributed by atoms with Crippen molar-refractivity contribution in [3.8, 4) is 0 Å². The van der Waals surface area contributed by atoms with E-state index < -0.39 is 0 Å². The average Bonchev–Trinajstić information content (AvgIpc) is 2.64. The number of rotatable bonds is 6. The zero-order chi connectivity index (χ0) is 16.6. The Kier molecular flexibility index (Phi) is 5.27. The van der Waals surface area contributed by atoms with Gasteiger partial charge < -0.3 is 10.6 Å². The van der Waals surface area contributed by atoms with Crippen LogP contribution in [0.5, 0.6) is 0 Å². The average molecular weight is 318 g/mol. The summed E-state index contributed by atoms with van der Waals surface area (Å²) in [4.78, 5) is 20.4. The molecule has 120 valence electrons. The molecular formula is C19H18N4O. The molecule has 0 unspecified atom stereocenters. The first kappa shape index (κ1) is 15.8. The molecule has 0 spiro atoms. The van der Waals surface area contributed by atoms with Crippen LogP contribution in [-0.2, 0) is 13.1 Å². The summed E-state index contributed by atoms with van der Waals surface area (Å²) in [6.07, 6.45) is 4.99. The van der Waals surface area contributed by atoms with E-state index in [4.69, 9.17) is 0 Å². The largest absolute Gasteiger partial charge is 0.322 e. The first-order valence-corrected chi connectivity index (χ1v) is 7.72. The molecule has 0 aliphatic carbocycles. The Morgan fingerprint density at radius 3 is 2.58 bits per heavy atom. The molecule has 2 N–H and O–H groups in total. The number of carbonyl (C=O) groups is 1. The van der Waals surface area contributed by atoms with E-state index >= 15 is 0 Å². The molecule has 0 aliphatic rings. The van der Waals surface area contributed by atoms with Crippen molar-refractivity contribution >= 4 is 11.6 Å². The van der Waals surface area contributed by atoms with Crippen molar-refractivity contribution in [3.05, 3.63) is 90.0 Å². The number of pyridine rings is 2. The molecule has 1 amide bonds. The van der Waals surface area contributed by atoms with Gasteiger partial charge in [0.2, 0.25) is 0 Å². The molecular weight excluding hydrogens is 300 g/mol. The first-order chi connectivity index (χ1) is 11.8. The van der Waals surface area contributed by atoms with Crippen LogP contribution in [0, 0.1) is 0 Å². The van der Waals surface area contributed by atoms with Crippen molar-refractivity contribution in [1.29, 1.82) is 0 Å². The minimum Gasteiger partial charge on any atom is -0.322 e. The maximum absolute atomic E-state index is 12.2. The summed E-state index contributed by atoms with van der Waals surface area (Å²) in [6, 6.07) is 17.0. The summed E-state index contributed by atoms with van der Waals surface area (Å²) in [5.74, 6) is -0.143. The highest BCUT2D eigenvalue weighted by atomic mass is 16.1. The van der Waals surface area contributed by atoms with Gasteiger partial charge in [-0.1, -0.05) is 18.2 Å². The van der Waals surface area contributed by atoms with E-state index in [0.29, 0.717) is 18.7 Å². The molecule has 0 radical (unpaired) electrons. The number of hydrogen-bond donors (Lipinski definition) is 2. The van der Waals surface area contributed by atoms with E-state index in [9.17, 15) is 4.79 Å². The number of nitrogens with zero attached hydrogens (tertiary/aromatic N) is 2. The molecule has 0 bridgehead atoms. The Morgan fingerprint density at radius 2 is 1.79 bits per heavy atom. The molecule has 24 heavy (non-hydrogen) atoms. The molecule has 5 nitrogen and oxygen atoms in total. The van der Waals surface area contributed by atoms with Crippen LogP contribution in [0.3, 0.4) is 0 Å². The minimum absolute atomic E-state index is 0.143. The third-order valence-corrected chi connectivity index (χ3v) is 3.49. The van der Waals surface area contributed by atoms with Crippen LogP contribution in [0.4, 0.5) is 5.69 Å². The maximum atomic E-state index is 12.2. The van der Waals surface area contributed by atoms with Gasteiger partial charge in [-0.25, -0.2) is 0 Å². The van der Waals surface area contributed by atoms with Gasteiger partial charge in [0, 0.05) is 42.9 Å². The van der Waals surface area contributed by atoms with E-state index in [1.54, 1.807) is 30.7 Å². The number of carbonyl (C=O) groups excluding carboxylic acids is 1. The molecule has 3 rings (SSSR count). The maximum Gasteiger partial charge on any atom is 0.255 e. The topological polar surface area (TPSA) is 66.9 Å². The van der Waals surface area contributed by atoms with E-state index in [1.807, 2.05) is 42.5 Å². The monoisotopic (exact) mass is 318 g/mol. The molecule has 0 saturated heterocycles. The van der Waals surface area contributed by atoms with Gasteiger partial charge in [-0.2, -0.15) is 0 Å². The predicted molar refractivity (Wildman–Crippen MR) is 93.4 cm³/mol. The Bertz CT molecular complexity index is 791. The number of amides is 1. The highest BCUT2D eigenvalue weighted by Gasteiger charge is 2.05. The van der Waals surface area contributed by atoms with Crippen LogP contribution >= 0.6 is 0 Å². The second-order valence-electron chi connectivity index (χ2n) is 5.32. The second kappa shape index (κ2) is 7.99. The lowest BCUT2D eigenvalue weighted by molar-refractivity contribution is 0.102. The number of benzene rings is 1. The lowest BCUT2D eigenvalue weighted by Crippen LogP contribution is -2.15. The molecule has 0 atom stereocenters. The fourth-order valence-corrected chi connectivity index (χ4v) is 2.30. The molecule has 0 aliphatic heterocycles. The highest BCUT2D eigenvalue weighted by Crippen LogP contribution is 2.12. The van der Waals surface area contributed by atoms with Crippen molar-refractivity contribution in [3.63, 3.8) is 0 Å². The minimum atomic E-state index is -0.143. The fourth-order valence-electron chi connectivity index (χ4n) is 2.30. The van der Waals surface area contributed by atoms with Crippen LogP contribution in [0.15, 0.2) is 73.2 Å². The predicted octanol–water partition coefficient (Wildman–Crippen LogP) is 3.02. The molecule has 1 aromatic carbocycles. The molecule has 2 heterocycles. The Morgan fingerprint density at radius 1 is 0.917 bits per heavy atom. The molecule has 2 aromatic heterocycles. The summed E-state index contributed by atoms with van der Waals surface area (Å²) in [5.41, 5.74) is 3.45. The zero-order valence-electron chi connectivity index (χ0n) is 13.1. The molecule has 0 fully saturated rings. The van der Waals surface area contributed by atoms with Crippen LogP contribution in [-0.4, -0.2) is 15.9 Å². The summed E-state index contributed by atoms with van der Waals surface area (Å²) in [5, 5.41) is 6.25. The SMILES string of the molecule is O=C(Nc1cccc(CNCc2ccccn2)c1)c1ccncc1. The lowest BCUT2D eigenvalue weighted by atomic mass is 10.2.